The van der Waals surface area contributed by atoms with Gasteiger partial charge in [-0.2, -0.15) is 0 Å². The molecule has 5 nitrogen and oxygen atoms in total. The summed E-state index contributed by atoms with van der Waals surface area (Å²) < 4.78 is 0. The smallest absolute Gasteiger partial charge is 0.178 e. The van der Waals surface area contributed by atoms with Crippen LogP contribution < -0.4 is 5.32 Å². The zero-order valence-electron chi connectivity index (χ0n) is 17.8. The average molecular weight is 400 g/mol. The van der Waals surface area contributed by atoms with Gasteiger partial charge in [0.1, 0.15) is 5.82 Å². The molecule has 5 heteroatoms. The van der Waals surface area contributed by atoms with E-state index in [4.69, 9.17) is 0 Å². The fourth-order valence-corrected chi connectivity index (χ4v) is 4.60. The molecule has 1 unspecified atom stereocenters. The standard InChI is InChI=1S/C25H29N5/c1-16-4-3-5-18(12-16)8-10-26-15-19-6-7-22-20(13-19)14-23(30-22)21-9-11-27-25-24(21)28-17(2)29-25/h6-7,9,11-14,16,26,30H,3-5,8,10,15H2,1-2H3,(H,27,28,29). The highest BCUT2D eigenvalue weighted by Gasteiger charge is 2.11. The third kappa shape index (κ3) is 3.90. The largest absolute Gasteiger partial charge is 0.354 e. The molecule has 0 saturated carbocycles. The molecule has 1 aromatic carbocycles. The first-order valence-corrected chi connectivity index (χ1v) is 11.0. The van der Waals surface area contributed by atoms with E-state index < -0.39 is 0 Å². The highest BCUT2D eigenvalue weighted by atomic mass is 15.0. The number of rotatable bonds is 6. The Labute approximate surface area is 177 Å². The van der Waals surface area contributed by atoms with E-state index in [-0.39, 0.29) is 0 Å². The van der Waals surface area contributed by atoms with Crippen LogP contribution >= 0.6 is 0 Å². The SMILES string of the molecule is Cc1nc2nccc(-c3cc4cc(CNCCC5=CC(C)CCC5)ccc4[nH]3)c2[nH]1. The number of allylic oxidation sites excluding steroid dienone is 1. The van der Waals surface area contributed by atoms with Gasteiger partial charge in [-0.1, -0.05) is 24.6 Å². The van der Waals surface area contributed by atoms with Crippen molar-refractivity contribution in [1.29, 1.82) is 0 Å². The Morgan fingerprint density at radius 1 is 1.17 bits per heavy atom. The normalized spacial score (nSPS) is 17.0. The van der Waals surface area contributed by atoms with Crippen LogP contribution in [0.2, 0.25) is 0 Å². The predicted octanol–water partition coefficient (Wildman–Crippen LogP) is 5.64. The molecular weight excluding hydrogens is 370 g/mol. The molecule has 1 aliphatic carbocycles. The van der Waals surface area contributed by atoms with Crippen molar-refractivity contribution in [2.24, 2.45) is 5.92 Å². The maximum atomic E-state index is 4.45. The van der Waals surface area contributed by atoms with E-state index in [1.165, 1.54) is 36.6 Å². The summed E-state index contributed by atoms with van der Waals surface area (Å²) in [6, 6.07) is 10.9. The molecule has 0 spiro atoms. The van der Waals surface area contributed by atoms with Crippen LogP contribution in [0.5, 0.6) is 0 Å². The number of aryl methyl sites for hydroxylation is 1. The summed E-state index contributed by atoms with van der Waals surface area (Å²) in [5, 5.41) is 4.85. The molecule has 1 aliphatic rings. The Kier molecular flexibility index (Phi) is 5.13. The Balaban J connectivity index is 1.29. The van der Waals surface area contributed by atoms with Gasteiger partial charge < -0.3 is 15.3 Å². The third-order valence-corrected chi connectivity index (χ3v) is 6.12. The summed E-state index contributed by atoms with van der Waals surface area (Å²) in [6.07, 6.45) is 9.45. The van der Waals surface area contributed by atoms with Gasteiger partial charge in [-0.3, -0.25) is 0 Å². The maximum Gasteiger partial charge on any atom is 0.178 e. The van der Waals surface area contributed by atoms with E-state index in [2.05, 4.69) is 62.5 Å². The summed E-state index contributed by atoms with van der Waals surface area (Å²) in [7, 11) is 0. The van der Waals surface area contributed by atoms with Gasteiger partial charge in [-0.05, 0) is 74.9 Å². The Morgan fingerprint density at radius 3 is 3.00 bits per heavy atom. The lowest BCUT2D eigenvalue weighted by Crippen LogP contribution is -2.16. The molecule has 0 aliphatic heterocycles. The number of nitrogens with zero attached hydrogens (tertiary/aromatic N) is 2. The molecule has 30 heavy (non-hydrogen) atoms. The van der Waals surface area contributed by atoms with Crippen LogP contribution in [-0.2, 0) is 6.54 Å². The lowest BCUT2D eigenvalue weighted by atomic mass is 9.90. The number of H-pyrrole nitrogens is 2. The highest BCUT2D eigenvalue weighted by Crippen LogP contribution is 2.29. The third-order valence-electron chi connectivity index (χ3n) is 6.12. The zero-order valence-corrected chi connectivity index (χ0v) is 17.8. The topological polar surface area (TPSA) is 69.4 Å². The molecule has 3 N–H and O–H groups in total. The molecule has 3 heterocycles. The average Bonchev–Trinajstić information content (AvgIpc) is 3.33. The van der Waals surface area contributed by atoms with Gasteiger partial charge in [0, 0.05) is 34.9 Å². The quantitative estimate of drug-likeness (QED) is 0.290. The number of nitrogens with one attached hydrogen (secondary N) is 3. The molecular formula is C25H29N5. The van der Waals surface area contributed by atoms with Gasteiger partial charge in [0.15, 0.2) is 5.65 Å². The summed E-state index contributed by atoms with van der Waals surface area (Å²) in [5.41, 5.74) is 8.03. The minimum Gasteiger partial charge on any atom is -0.354 e. The Hall–Kier alpha value is -2.92. The van der Waals surface area contributed by atoms with Crippen LogP contribution in [0.4, 0.5) is 0 Å². The minimum atomic E-state index is 0.756. The van der Waals surface area contributed by atoms with E-state index in [0.717, 1.165) is 52.8 Å². The molecule has 0 radical (unpaired) electrons. The van der Waals surface area contributed by atoms with Crippen molar-refractivity contribution in [2.75, 3.05) is 6.54 Å². The molecule has 154 valence electrons. The van der Waals surface area contributed by atoms with Crippen molar-refractivity contribution in [2.45, 2.75) is 46.1 Å². The number of aromatic amines is 2. The van der Waals surface area contributed by atoms with Gasteiger partial charge in [-0.15, -0.1) is 0 Å². The monoisotopic (exact) mass is 399 g/mol. The summed E-state index contributed by atoms with van der Waals surface area (Å²) >= 11 is 0. The van der Waals surface area contributed by atoms with Gasteiger partial charge in [0.25, 0.3) is 0 Å². The molecule has 3 aromatic heterocycles. The van der Waals surface area contributed by atoms with Crippen LogP contribution in [-0.4, -0.2) is 26.5 Å². The number of hydrogen-bond donors (Lipinski definition) is 3. The van der Waals surface area contributed by atoms with E-state index in [0.29, 0.717) is 0 Å². The fraction of sp³-hybridized carbons (Fsp3) is 0.360. The van der Waals surface area contributed by atoms with Crippen LogP contribution in [0.1, 0.15) is 44.0 Å². The van der Waals surface area contributed by atoms with Gasteiger partial charge >= 0.3 is 0 Å². The van der Waals surface area contributed by atoms with Crippen molar-refractivity contribution in [3.8, 4) is 11.3 Å². The molecule has 0 fully saturated rings. The van der Waals surface area contributed by atoms with Crippen LogP contribution in [0, 0.1) is 12.8 Å². The highest BCUT2D eigenvalue weighted by molar-refractivity contribution is 5.94. The van der Waals surface area contributed by atoms with Gasteiger partial charge in [-0.25, -0.2) is 9.97 Å². The molecule has 5 rings (SSSR count). The zero-order chi connectivity index (χ0) is 20.5. The molecule has 1 atom stereocenters. The number of pyridine rings is 1. The Bertz CT molecular complexity index is 1210. The summed E-state index contributed by atoms with van der Waals surface area (Å²) in [6.45, 7) is 6.24. The van der Waals surface area contributed by atoms with Gasteiger partial charge in [0.2, 0.25) is 0 Å². The van der Waals surface area contributed by atoms with Gasteiger partial charge in [0.05, 0.1) is 5.52 Å². The van der Waals surface area contributed by atoms with E-state index in [1.54, 1.807) is 5.57 Å². The summed E-state index contributed by atoms with van der Waals surface area (Å²) in [5.74, 6) is 1.64. The van der Waals surface area contributed by atoms with Crippen molar-refractivity contribution < 1.29 is 0 Å². The minimum absolute atomic E-state index is 0.756. The number of imidazole rings is 1. The Morgan fingerprint density at radius 2 is 2.10 bits per heavy atom. The first-order chi connectivity index (χ1) is 14.7. The van der Waals surface area contributed by atoms with E-state index in [9.17, 15) is 0 Å². The first kappa shape index (κ1) is 19.1. The molecule has 0 bridgehead atoms. The maximum absolute atomic E-state index is 4.45. The second-order valence-corrected chi connectivity index (χ2v) is 8.61. The van der Waals surface area contributed by atoms with Crippen LogP contribution in [0.15, 0.2) is 48.2 Å². The number of hydrogen-bond acceptors (Lipinski definition) is 3. The number of aromatic nitrogens is 4. The van der Waals surface area contributed by atoms with Crippen molar-refractivity contribution in [3.63, 3.8) is 0 Å². The molecule has 0 amide bonds. The predicted molar refractivity (Wildman–Crippen MR) is 123 cm³/mol. The fourth-order valence-electron chi connectivity index (χ4n) is 4.60. The number of fused-ring (bicyclic) bond motifs is 2. The summed E-state index contributed by atoms with van der Waals surface area (Å²) in [4.78, 5) is 15.7. The van der Waals surface area contributed by atoms with E-state index >= 15 is 0 Å². The van der Waals surface area contributed by atoms with Crippen molar-refractivity contribution in [1.82, 2.24) is 25.3 Å². The van der Waals surface area contributed by atoms with Crippen molar-refractivity contribution >= 4 is 22.1 Å². The lowest BCUT2D eigenvalue weighted by molar-refractivity contribution is 0.549. The van der Waals surface area contributed by atoms with E-state index in [1.807, 2.05) is 19.2 Å². The lowest BCUT2D eigenvalue weighted by Gasteiger charge is -2.17. The van der Waals surface area contributed by atoms with Crippen molar-refractivity contribution in [3.05, 3.63) is 59.6 Å². The first-order valence-electron chi connectivity index (χ1n) is 11.0. The van der Waals surface area contributed by atoms with Crippen LogP contribution in [0.3, 0.4) is 0 Å². The second kappa shape index (κ2) is 8.07. The molecule has 4 aromatic rings. The second-order valence-electron chi connectivity index (χ2n) is 8.61. The number of benzene rings is 1. The molecule has 0 saturated heterocycles. The van der Waals surface area contributed by atoms with Crippen LogP contribution in [0.25, 0.3) is 33.3 Å².